The zero-order valence-electron chi connectivity index (χ0n) is 17.6. The molecule has 2 N–H and O–H groups in total. The minimum atomic E-state index is -0.0254. The van der Waals surface area contributed by atoms with Crippen molar-refractivity contribution < 1.29 is 4.74 Å². The van der Waals surface area contributed by atoms with E-state index in [0.717, 1.165) is 24.5 Å². The van der Waals surface area contributed by atoms with Crippen molar-refractivity contribution >= 4 is 0 Å². The fourth-order valence-corrected chi connectivity index (χ4v) is 3.37. The highest BCUT2D eigenvalue weighted by Crippen LogP contribution is 2.17. The molecule has 1 atom stereocenters. The highest BCUT2D eigenvalue weighted by atomic mass is 16.5. The van der Waals surface area contributed by atoms with E-state index in [4.69, 9.17) is 4.74 Å². The number of nitrogens with one attached hydrogen (secondary N) is 2. The molecule has 0 amide bonds. The molecule has 1 aromatic heterocycles. The van der Waals surface area contributed by atoms with E-state index in [-0.39, 0.29) is 5.54 Å². The number of hydrogen-bond acceptors (Lipinski definition) is 4. The fourth-order valence-electron chi connectivity index (χ4n) is 3.37. The van der Waals surface area contributed by atoms with Gasteiger partial charge >= 0.3 is 0 Å². The number of benzene rings is 2. The van der Waals surface area contributed by atoms with Gasteiger partial charge in [0.05, 0.1) is 5.69 Å². The molecule has 3 rings (SSSR count). The molecule has 0 bridgehead atoms. The fraction of sp³-hybridized carbons (Fsp3) is 0.320. The molecule has 4 nitrogen and oxygen atoms in total. The van der Waals surface area contributed by atoms with Gasteiger partial charge in [0.25, 0.3) is 0 Å². The van der Waals surface area contributed by atoms with Crippen molar-refractivity contribution in [3.63, 3.8) is 0 Å². The van der Waals surface area contributed by atoms with E-state index in [1.165, 1.54) is 11.1 Å². The van der Waals surface area contributed by atoms with Crippen molar-refractivity contribution in [2.45, 2.75) is 45.5 Å². The van der Waals surface area contributed by atoms with E-state index >= 15 is 0 Å². The first-order chi connectivity index (χ1) is 14.0. The SMILES string of the molecule is CC(NC(C)(C)CNCc1cccc(OCc2ccccn2)c1)c1ccccc1. The van der Waals surface area contributed by atoms with Gasteiger partial charge in [-0.1, -0.05) is 48.5 Å². The summed E-state index contributed by atoms with van der Waals surface area (Å²) in [4.78, 5) is 4.29. The summed E-state index contributed by atoms with van der Waals surface area (Å²) in [6.07, 6.45) is 1.79. The number of nitrogens with zero attached hydrogens (tertiary/aromatic N) is 1. The second-order valence-corrected chi connectivity index (χ2v) is 8.02. The van der Waals surface area contributed by atoms with E-state index < -0.39 is 0 Å². The molecule has 0 spiro atoms. The Morgan fingerprint density at radius 2 is 1.76 bits per heavy atom. The number of ether oxygens (including phenoxy) is 1. The smallest absolute Gasteiger partial charge is 0.130 e. The van der Waals surface area contributed by atoms with Crippen molar-refractivity contribution in [1.29, 1.82) is 0 Å². The van der Waals surface area contributed by atoms with Gasteiger partial charge in [0.15, 0.2) is 0 Å². The van der Waals surface area contributed by atoms with Crippen LogP contribution >= 0.6 is 0 Å². The molecule has 2 aromatic carbocycles. The third-order valence-electron chi connectivity index (χ3n) is 4.81. The first-order valence-electron chi connectivity index (χ1n) is 10.2. The van der Waals surface area contributed by atoms with Gasteiger partial charge in [-0.3, -0.25) is 4.98 Å². The average Bonchev–Trinajstić information content (AvgIpc) is 2.73. The van der Waals surface area contributed by atoms with Crippen molar-refractivity contribution in [1.82, 2.24) is 15.6 Å². The molecule has 1 unspecified atom stereocenters. The van der Waals surface area contributed by atoms with Crippen LogP contribution in [-0.2, 0) is 13.2 Å². The minimum Gasteiger partial charge on any atom is -0.487 e. The summed E-state index contributed by atoms with van der Waals surface area (Å²) in [7, 11) is 0. The topological polar surface area (TPSA) is 46.2 Å². The van der Waals surface area contributed by atoms with Gasteiger partial charge in [-0.25, -0.2) is 0 Å². The summed E-state index contributed by atoms with van der Waals surface area (Å²) in [5, 5.41) is 7.28. The molecular formula is C25H31N3O. The van der Waals surface area contributed by atoms with Gasteiger partial charge in [0.1, 0.15) is 12.4 Å². The summed E-state index contributed by atoms with van der Waals surface area (Å²) < 4.78 is 5.88. The van der Waals surface area contributed by atoms with Crippen LogP contribution in [0, 0.1) is 0 Å². The highest BCUT2D eigenvalue weighted by molar-refractivity contribution is 5.28. The van der Waals surface area contributed by atoms with Crippen LogP contribution in [0.2, 0.25) is 0 Å². The van der Waals surface area contributed by atoms with Gasteiger partial charge in [-0.2, -0.15) is 0 Å². The largest absolute Gasteiger partial charge is 0.487 e. The molecule has 4 heteroatoms. The van der Waals surface area contributed by atoms with Gasteiger partial charge in [-0.15, -0.1) is 0 Å². The van der Waals surface area contributed by atoms with E-state index in [1.807, 2.05) is 30.3 Å². The maximum atomic E-state index is 5.88. The molecule has 0 fully saturated rings. The average molecular weight is 390 g/mol. The molecule has 3 aromatic rings. The summed E-state index contributed by atoms with van der Waals surface area (Å²) in [5.74, 6) is 0.866. The first-order valence-corrected chi connectivity index (χ1v) is 10.2. The van der Waals surface area contributed by atoms with Gasteiger partial charge in [-0.05, 0) is 56.2 Å². The van der Waals surface area contributed by atoms with E-state index in [2.05, 4.69) is 78.9 Å². The predicted molar refractivity (Wildman–Crippen MR) is 119 cm³/mol. The Morgan fingerprint density at radius 3 is 2.52 bits per heavy atom. The van der Waals surface area contributed by atoms with E-state index in [1.54, 1.807) is 6.20 Å². The molecular weight excluding hydrogens is 358 g/mol. The molecule has 0 aliphatic heterocycles. The van der Waals surface area contributed by atoms with Crippen molar-refractivity contribution in [2.24, 2.45) is 0 Å². The summed E-state index contributed by atoms with van der Waals surface area (Å²) in [6, 6.07) is 24.9. The summed E-state index contributed by atoms with van der Waals surface area (Å²) in [6.45, 7) is 8.80. The number of pyridine rings is 1. The van der Waals surface area contributed by atoms with Crippen LogP contribution in [-0.4, -0.2) is 17.1 Å². The normalized spacial score (nSPS) is 12.5. The van der Waals surface area contributed by atoms with Crippen LogP contribution in [0.4, 0.5) is 0 Å². The Balaban J connectivity index is 1.47. The van der Waals surface area contributed by atoms with Crippen LogP contribution in [0.15, 0.2) is 79.0 Å². The lowest BCUT2D eigenvalue weighted by Gasteiger charge is -2.31. The van der Waals surface area contributed by atoms with Crippen molar-refractivity contribution in [2.75, 3.05) is 6.54 Å². The maximum Gasteiger partial charge on any atom is 0.130 e. The van der Waals surface area contributed by atoms with Gasteiger partial charge in [0, 0.05) is 30.9 Å². The lowest BCUT2D eigenvalue weighted by Crippen LogP contribution is -2.48. The van der Waals surface area contributed by atoms with Crippen molar-refractivity contribution in [3.8, 4) is 5.75 Å². The molecule has 0 saturated heterocycles. The minimum absolute atomic E-state index is 0.0254. The van der Waals surface area contributed by atoms with Crippen molar-refractivity contribution in [3.05, 3.63) is 95.8 Å². The Labute approximate surface area is 174 Å². The zero-order chi connectivity index (χ0) is 20.5. The summed E-state index contributed by atoms with van der Waals surface area (Å²) >= 11 is 0. The van der Waals surface area contributed by atoms with E-state index in [0.29, 0.717) is 12.6 Å². The van der Waals surface area contributed by atoms with Gasteiger partial charge in [0.2, 0.25) is 0 Å². The summed E-state index contributed by atoms with van der Waals surface area (Å²) in [5.41, 5.74) is 3.41. The predicted octanol–water partition coefficient (Wildman–Crippen LogP) is 4.88. The molecule has 0 radical (unpaired) electrons. The molecule has 29 heavy (non-hydrogen) atoms. The van der Waals surface area contributed by atoms with Gasteiger partial charge < -0.3 is 15.4 Å². The van der Waals surface area contributed by atoms with E-state index in [9.17, 15) is 0 Å². The zero-order valence-corrected chi connectivity index (χ0v) is 17.6. The lowest BCUT2D eigenvalue weighted by molar-refractivity contribution is 0.300. The molecule has 1 heterocycles. The Bertz CT molecular complexity index is 866. The number of aromatic nitrogens is 1. The Hall–Kier alpha value is -2.69. The van der Waals surface area contributed by atoms with Crippen LogP contribution in [0.5, 0.6) is 5.75 Å². The third-order valence-corrected chi connectivity index (χ3v) is 4.81. The second kappa shape index (κ2) is 10.2. The Kier molecular flexibility index (Phi) is 7.39. The quantitative estimate of drug-likeness (QED) is 0.519. The third kappa shape index (κ3) is 7.00. The molecule has 0 aliphatic rings. The monoisotopic (exact) mass is 389 g/mol. The second-order valence-electron chi connectivity index (χ2n) is 8.02. The maximum absolute atomic E-state index is 5.88. The number of rotatable bonds is 10. The lowest BCUT2D eigenvalue weighted by atomic mass is 10.0. The molecule has 152 valence electrons. The van der Waals surface area contributed by atoms with Crippen LogP contribution in [0.25, 0.3) is 0 Å². The molecule has 0 aliphatic carbocycles. The molecule has 0 saturated carbocycles. The standard InChI is InChI=1S/C25H31N3O/c1-20(22-11-5-4-6-12-22)28-25(2,3)19-26-17-21-10-9-14-24(16-21)29-18-23-13-7-8-15-27-23/h4-16,20,26,28H,17-19H2,1-3H3. The highest BCUT2D eigenvalue weighted by Gasteiger charge is 2.20. The van der Waals surface area contributed by atoms with Crippen LogP contribution in [0.3, 0.4) is 0 Å². The Morgan fingerprint density at radius 1 is 0.966 bits per heavy atom. The van der Waals surface area contributed by atoms with Crippen LogP contribution in [0.1, 0.15) is 43.6 Å². The first kappa shape index (κ1) is 21.0. The van der Waals surface area contributed by atoms with Crippen LogP contribution < -0.4 is 15.4 Å². The number of hydrogen-bond donors (Lipinski definition) is 2.